The normalized spacial score (nSPS) is 12.7. The fraction of sp³-hybridized carbons (Fsp3) is 0.200. The molecule has 0 fully saturated rings. The molecular weight excluding hydrogens is 212 g/mol. The second-order valence-electron chi connectivity index (χ2n) is 3.00. The Morgan fingerprint density at radius 3 is 2.93 bits per heavy atom. The minimum Gasteiger partial charge on any atom is -0.440 e. The van der Waals surface area contributed by atoms with Crippen molar-refractivity contribution in [3.05, 3.63) is 36.4 Å². The van der Waals surface area contributed by atoms with Crippen LogP contribution < -0.4 is 0 Å². The van der Waals surface area contributed by atoms with Crippen LogP contribution in [0, 0.1) is 0 Å². The van der Waals surface area contributed by atoms with E-state index in [1.807, 2.05) is 6.07 Å². The summed E-state index contributed by atoms with van der Waals surface area (Å²) in [5.41, 5.74) is 0.832. The van der Waals surface area contributed by atoms with Crippen LogP contribution >= 0.6 is 11.8 Å². The van der Waals surface area contributed by atoms with E-state index < -0.39 is 6.10 Å². The lowest BCUT2D eigenvalue weighted by molar-refractivity contribution is 0.199. The Morgan fingerprint density at radius 2 is 2.27 bits per heavy atom. The lowest BCUT2D eigenvalue weighted by atomic mass is 10.2. The van der Waals surface area contributed by atoms with Crippen LogP contribution in [0.4, 0.5) is 0 Å². The Kier molecular flexibility index (Phi) is 3.03. The predicted octanol–water partition coefficient (Wildman–Crippen LogP) is 2.27. The molecule has 0 amide bonds. The third kappa shape index (κ3) is 2.57. The van der Waals surface area contributed by atoms with E-state index in [1.54, 1.807) is 25.4 Å². The molecule has 0 radical (unpaired) electrons. The van der Waals surface area contributed by atoms with Crippen LogP contribution in [-0.4, -0.2) is 15.1 Å². The van der Waals surface area contributed by atoms with Gasteiger partial charge in [0.2, 0.25) is 0 Å². The van der Waals surface area contributed by atoms with Crippen molar-refractivity contribution >= 4 is 11.8 Å². The number of oxazole rings is 1. The molecule has 1 N–H and O–H groups in total. The van der Waals surface area contributed by atoms with Gasteiger partial charge < -0.3 is 9.52 Å². The maximum atomic E-state index is 9.40. The van der Waals surface area contributed by atoms with Crippen LogP contribution in [0.3, 0.4) is 0 Å². The molecule has 2 aromatic heterocycles. The Balaban J connectivity index is 2.18. The largest absolute Gasteiger partial charge is 0.440 e. The molecule has 0 bridgehead atoms. The molecule has 1 atom stereocenters. The fourth-order valence-corrected chi connectivity index (χ4v) is 1.80. The first-order valence-electron chi connectivity index (χ1n) is 4.47. The van der Waals surface area contributed by atoms with E-state index in [2.05, 4.69) is 9.97 Å². The Labute approximate surface area is 91.4 Å². The zero-order chi connectivity index (χ0) is 10.7. The molecule has 0 spiro atoms. The standard InChI is InChI=1S/C10H10N2O2S/c1-7(13)8-2-3-11-9(6-8)15-10-12-4-5-14-10/h2-7,13H,1H3/t7-/m0/s1. The second kappa shape index (κ2) is 4.46. The Hall–Kier alpha value is -1.33. The van der Waals surface area contributed by atoms with Gasteiger partial charge in [-0.05, 0) is 36.4 Å². The summed E-state index contributed by atoms with van der Waals surface area (Å²) >= 11 is 1.33. The molecule has 0 aromatic carbocycles. The lowest BCUT2D eigenvalue weighted by Crippen LogP contribution is -1.92. The first-order chi connectivity index (χ1) is 7.25. The highest BCUT2D eigenvalue weighted by atomic mass is 32.2. The molecule has 0 aliphatic rings. The molecule has 0 saturated carbocycles. The topological polar surface area (TPSA) is 59.2 Å². The summed E-state index contributed by atoms with van der Waals surface area (Å²) in [6.45, 7) is 1.72. The quantitative estimate of drug-likeness (QED) is 0.863. The number of hydrogen-bond acceptors (Lipinski definition) is 5. The van der Waals surface area contributed by atoms with Crippen molar-refractivity contribution < 1.29 is 9.52 Å². The van der Waals surface area contributed by atoms with Crippen molar-refractivity contribution in [2.24, 2.45) is 0 Å². The summed E-state index contributed by atoms with van der Waals surface area (Å²) in [4.78, 5) is 8.13. The molecule has 2 rings (SSSR count). The summed E-state index contributed by atoms with van der Waals surface area (Å²) in [6.07, 6.45) is 4.27. The van der Waals surface area contributed by atoms with E-state index in [0.717, 1.165) is 10.6 Å². The van der Waals surface area contributed by atoms with E-state index >= 15 is 0 Å². The second-order valence-corrected chi connectivity index (χ2v) is 3.98. The molecule has 4 nitrogen and oxygen atoms in total. The molecular formula is C10H10N2O2S. The number of pyridine rings is 1. The van der Waals surface area contributed by atoms with E-state index in [9.17, 15) is 5.11 Å². The Morgan fingerprint density at radius 1 is 1.40 bits per heavy atom. The van der Waals surface area contributed by atoms with Crippen molar-refractivity contribution in [3.63, 3.8) is 0 Å². The van der Waals surface area contributed by atoms with E-state index in [-0.39, 0.29) is 0 Å². The van der Waals surface area contributed by atoms with Crippen LogP contribution in [0.15, 0.2) is 45.5 Å². The van der Waals surface area contributed by atoms with Crippen LogP contribution in [0.5, 0.6) is 0 Å². The van der Waals surface area contributed by atoms with E-state index in [1.165, 1.54) is 18.0 Å². The number of nitrogens with zero attached hydrogens (tertiary/aromatic N) is 2. The van der Waals surface area contributed by atoms with Gasteiger partial charge in [0.15, 0.2) is 0 Å². The SMILES string of the molecule is C[C@H](O)c1ccnc(Sc2ncco2)c1. The molecule has 2 heterocycles. The van der Waals surface area contributed by atoms with E-state index in [0.29, 0.717) is 5.22 Å². The van der Waals surface area contributed by atoms with E-state index in [4.69, 9.17) is 4.42 Å². The average Bonchev–Trinajstić information content (AvgIpc) is 2.71. The minimum atomic E-state index is -0.489. The highest BCUT2D eigenvalue weighted by Crippen LogP contribution is 2.25. The van der Waals surface area contributed by atoms with Gasteiger partial charge in [0.1, 0.15) is 11.3 Å². The van der Waals surface area contributed by atoms with Crippen LogP contribution in [0.1, 0.15) is 18.6 Å². The summed E-state index contributed by atoms with van der Waals surface area (Å²) in [5, 5.41) is 10.7. The molecule has 2 aromatic rings. The molecule has 0 unspecified atom stereocenters. The van der Waals surface area contributed by atoms with Gasteiger partial charge in [-0.25, -0.2) is 9.97 Å². The van der Waals surface area contributed by atoms with Crippen molar-refractivity contribution in [1.29, 1.82) is 0 Å². The highest BCUT2D eigenvalue weighted by molar-refractivity contribution is 7.99. The molecule has 0 aliphatic carbocycles. The van der Waals surface area contributed by atoms with Crippen molar-refractivity contribution in [2.75, 3.05) is 0 Å². The zero-order valence-electron chi connectivity index (χ0n) is 8.12. The molecule has 0 aliphatic heterocycles. The average molecular weight is 222 g/mol. The molecule has 5 heteroatoms. The van der Waals surface area contributed by atoms with Gasteiger partial charge in [-0.15, -0.1) is 0 Å². The number of aromatic nitrogens is 2. The van der Waals surface area contributed by atoms with Gasteiger partial charge in [-0.1, -0.05) is 0 Å². The van der Waals surface area contributed by atoms with Gasteiger partial charge in [-0.3, -0.25) is 0 Å². The molecule has 78 valence electrons. The van der Waals surface area contributed by atoms with Crippen LogP contribution in [0.2, 0.25) is 0 Å². The number of aliphatic hydroxyl groups is 1. The summed E-state index contributed by atoms with van der Waals surface area (Å²) in [5.74, 6) is 0. The van der Waals surface area contributed by atoms with Gasteiger partial charge >= 0.3 is 0 Å². The summed E-state index contributed by atoms with van der Waals surface area (Å²) < 4.78 is 5.09. The zero-order valence-corrected chi connectivity index (χ0v) is 8.94. The van der Waals surface area contributed by atoms with Crippen LogP contribution in [0.25, 0.3) is 0 Å². The maximum Gasteiger partial charge on any atom is 0.261 e. The molecule has 0 saturated heterocycles. The van der Waals surface area contributed by atoms with Crippen molar-refractivity contribution in [1.82, 2.24) is 9.97 Å². The van der Waals surface area contributed by atoms with Crippen LogP contribution in [-0.2, 0) is 0 Å². The third-order valence-electron chi connectivity index (χ3n) is 1.84. The fourth-order valence-electron chi connectivity index (χ4n) is 1.09. The van der Waals surface area contributed by atoms with Crippen molar-refractivity contribution in [2.45, 2.75) is 23.3 Å². The first kappa shape index (κ1) is 10.2. The maximum absolute atomic E-state index is 9.40. The smallest absolute Gasteiger partial charge is 0.261 e. The molecule has 15 heavy (non-hydrogen) atoms. The minimum absolute atomic E-state index is 0.489. The van der Waals surface area contributed by atoms with Gasteiger partial charge in [0.25, 0.3) is 5.22 Å². The monoisotopic (exact) mass is 222 g/mol. The van der Waals surface area contributed by atoms with Crippen molar-refractivity contribution in [3.8, 4) is 0 Å². The Bertz CT molecular complexity index is 429. The lowest BCUT2D eigenvalue weighted by Gasteiger charge is -2.04. The first-order valence-corrected chi connectivity index (χ1v) is 5.29. The van der Waals surface area contributed by atoms with Gasteiger partial charge in [-0.2, -0.15) is 0 Å². The highest BCUT2D eigenvalue weighted by Gasteiger charge is 2.06. The van der Waals surface area contributed by atoms with Gasteiger partial charge in [0.05, 0.1) is 12.3 Å². The van der Waals surface area contributed by atoms with Gasteiger partial charge in [0, 0.05) is 6.20 Å². The number of hydrogen-bond donors (Lipinski definition) is 1. The third-order valence-corrected chi connectivity index (χ3v) is 2.65. The number of rotatable bonds is 3. The number of aliphatic hydroxyl groups excluding tert-OH is 1. The predicted molar refractivity (Wildman–Crippen MR) is 55.5 cm³/mol. The summed E-state index contributed by atoms with van der Waals surface area (Å²) in [6, 6.07) is 3.60. The summed E-state index contributed by atoms with van der Waals surface area (Å²) in [7, 11) is 0.